The van der Waals surface area contributed by atoms with E-state index in [2.05, 4.69) is 10.2 Å². The molecule has 8 N–H and O–H groups in total. The van der Waals surface area contributed by atoms with E-state index in [4.69, 9.17) is 18.9 Å². The largest absolute Gasteiger partial charge is 0.461 e. The molecule has 0 aliphatic carbocycles. The monoisotopic (exact) mass is 632 g/mol. The molecular weight excluding hydrogens is 600 g/mol. The van der Waals surface area contributed by atoms with Gasteiger partial charge in [-0.15, -0.1) is 0 Å². The minimum atomic E-state index is -2.06. The van der Waals surface area contributed by atoms with Crippen LogP contribution < -0.4 is 0 Å². The van der Waals surface area contributed by atoms with E-state index in [0.717, 1.165) is 0 Å². The van der Waals surface area contributed by atoms with Gasteiger partial charge in [0.15, 0.2) is 23.9 Å². The predicted octanol–water partition coefficient (Wildman–Crippen LogP) is -6.59. The Morgan fingerprint density at radius 3 is 1.30 bits per heavy atom. The number of hydrazone groups is 2. The highest BCUT2D eigenvalue weighted by Gasteiger charge is 2.55. The van der Waals surface area contributed by atoms with Gasteiger partial charge in [-0.3, -0.25) is 9.59 Å². The molecular formula is C24H32N4O16. The Kier molecular flexibility index (Phi) is 10.1. The minimum absolute atomic E-state index is 0.252. The zero-order chi connectivity index (χ0) is 32.6. The first-order chi connectivity index (χ1) is 20.8. The number of hydrogen-bond acceptors (Lipinski definition) is 18. The lowest BCUT2D eigenvalue weighted by molar-refractivity contribution is -0.261. The first-order valence-corrected chi connectivity index (χ1v) is 13.4. The normalized spacial score (nSPS) is 37.7. The molecule has 20 nitrogen and oxygen atoms in total. The zero-order valence-electron chi connectivity index (χ0n) is 23.2. The van der Waals surface area contributed by atoms with Crippen LogP contribution in [-0.4, -0.2) is 174 Å². The van der Waals surface area contributed by atoms with E-state index in [-0.39, 0.29) is 13.2 Å². The highest BCUT2D eigenvalue weighted by molar-refractivity contribution is 6.59. The van der Waals surface area contributed by atoms with Crippen molar-refractivity contribution < 1.29 is 79.0 Å². The number of carbonyl (C=O) groups excluding carboxylic acids is 4. The van der Waals surface area contributed by atoms with E-state index in [1.807, 2.05) is 0 Å². The van der Waals surface area contributed by atoms with Crippen LogP contribution in [0.15, 0.2) is 21.3 Å². The Morgan fingerprint density at radius 1 is 0.659 bits per heavy atom. The van der Waals surface area contributed by atoms with Crippen LogP contribution >= 0.6 is 0 Å². The van der Waals surface area contributed by atoms with Gasteiger partial charge in [-0.05, 0) is 13.8 Å². The summed E-state index contributed by atoms with van der Waals surface area (Å²) >= 11 is 0. The summed E-state index contributed by atoms with van der Waals surface area (Å²) in [7, 11) is 0. The van der Waals surface area contributed by atoms with Crippen LogP contribution in [0.2, 0.25) is 0 Å². The van der Waals surface area contributed by atoms with Crippen molar-refractivity contribution in [2.24, 2.45) is 10.2 Å². The maximum Gasteiger partial charge on any atom is 0.359 e. The Labute approximate surface area is 247 Å². The fourth-order valence-electron chi connectivity index (χ4n) is 4.89. The smallest absolute Gasteiger partial charge is 0.359 e. The van der Waals surface area contributed by atoms with Gasteiger partial charge in [0.05, 0.1) is 37.6 Å². The molecule has 2 saturated heterocycles. The van der Waals surface area contributed by atoms with Crippen LogP contribution in [0, 0.1) is 0 Å². The van der Waals surface area contributed by atoms with E-state index in [1.165, 1.54) is 13.8 Å². The van der Waals surface area contributed by atoms with Crippen LogP contribution in [0.5, 0.6) is 0 Å². The number of aliphatic hydroxyl groups excluding tert-OH is 8. The Bertz CT molecular complexity index is 1170. The second kappa shape index (κ2) is 13.3. The summed E-state index contributed by atoms with van der Waals surface area (Å²) < 4.78 is 20.6. The summed E-state index contributed by atoms with van der Waals surface area (Å²) in [6.07, 6.45) is -18.6. The predicted molar refractivity (Wildman–Crippen MR) is 136 cm³/mol. The number of aliphatic hydroxyl groups is 8. The lowest BCUT2D eigenvalue weighted by Crippen LogP contribution is -2.63. The number of rotatable bonds is 8. The second-order valence-electron chi connectivity index (χ2n) is 9.83. The topological polar surface area (TPSA) is 298 Å². The lowest BCUT2D eigenvalue weighted by Gasteiger charge is -2.42. The number of ether oxygens (including phenoxy) is 4. The van der Waals surface area contributed by atoms with Crippen molar-refractivity contribution >= 4 is 35.2 Å². The Morgan fingerprint density at radius 2 is 1.00 bits per heavy atom. The molecule has 4 rings (SSSR count). The molecule has 0 aromatic heterocycles. The van der Waals surface area contributed by atoms with Crippen LogP contribution in [0.1, 0.15) is 13.8 Å². The fourth-order valence-corrected chi connectivity index (χ4v) is 4.89. The molecule has 0 bridgehead atoms. The van der Waals surface area contributed by atoms with Crippen molar-refractivity contribution in [2.75, 3.05) is 26.4 Å². The summed E-state index contributed by atoms with van der Waals surface area (Å²) in [6, 6.07) is 0. The molecule has 10 atom stereocenters. The third-order valence-electron chi connectivity index (χ3n) is 7.14. The first-order valence-electron chi connectivity index (χ1n) is 13.4. The molecule has 4 aliphatic heterocycles. The van der Waals surface area contributed by atoms with Gasteiger partial charge in [0, 0.05) is 0 Å². The van der Waals surface area contributed by atoms with Gasteiger partial charge < -0.3 is 59.8 Å². The molecule has 2 amide bonds. The van der Waals surface area contributed by atoms with E-state index >= 15 is 0 Å². The zero-order valence-corrected chi connectivity index (χ0v) is 23.2. The Hall–Kier alpha value is -3.44. The van der Waals surface area contributed by atoms with E-state index in [0.29, 0.717) is 10.0 Å². The molecule has 20 heteroatoms. The molecule has 0 spiro atoms. The van der Waals surface area contributed by atoms with Gasteiger partial charge in [0.2, 0.25) is 0 Å². The minimum Gasteiger partial charge on any atom is -0.461 e. The van der Waals surface area contributed by atoms with Crippen LogP contribution in [-0.2, 0) is 38.1 Å². The van der Waals surface area contributed by atoms with Crippen LogP contribution in [0.3, 0.4) is 0 Å². The molecule has 44 heavy (non-hydrogen) atoms. The maximum atomic E-state index is 13.8. The molecule has 0 aromatic rings. The summed E-state index contributed by atoms with van der Waals surface area (Å²) in [5.74, 6) is -5.32. The average Bonchev–Trinajstić information content (AvgIpc) is 3.51. The summed E-state index contributed by atoms with van der Waals surface area (Å²) in [5.41, 5.74) is -3.59. The van der Waals surface area contributed by atoms with Gasteiger partial charge in [-0.1, -0.05) is 0 Å². The molecule has 0 aromatic carbocycles. The fraction of sp³-hybridized carbons (Fsp3) is 0.667. The molecule has 0 radical (unpaired) electrons. The van der Waals surface area contributed by atoms with Gasteiger partial charge in [0.25, 0.3) is 11.8 Å². The van der Waals surface area contributed by atoms with Gasteiger partial charge in [-0.2, -0.15) is 20.2 Å². The number of nitrogens with zero attached hydrogens (tertiary/aromatic N) is 4. The highest BCUT2D eigenvalue weighted by Crippen LogP contribution is 2.34. The van der Waals surface area contributed by atoms with Gasteiger partial charge in [-0.25, -0.2) is 9.59 Å². The third-order valence-corrected chi connectivity index (χ3v) is 7.14. The summed E-state index contributed by atoms with van der Waals surface area (Å²) in [4.78, 5) is 53.6. The van der Waals surface area contributed by atoms with Gasteiger partial charge in [0.1, 0.15) is 48.8 Å². The third kappa shape index (κ3) is 5.60. The van der Waals surface area contributed by atoms with Crippen molar-refractivity contribution in [3.8, 4) is 0 Å². The van der Waals surface area contributed by atoms with Crippen molar-refractivity contribution in [1.82, 2.24) is 10.0 Å². The van der Waals surface area contributed by atoms with E-state index in [9.17, 15) is 60.0 Å². The quantitative estimate of drug-likeness (QED) is 0.0911. The number of esters is 2. The molecule has 2 fully saturated rings. The number of carbonyl (C=O) groups is 4. The van der Waals surface area contributed by atoms with Crippen molar-refractivity contribution in [3.05, 3.63) is 11.1 Å². The van der Waals surface area contributed by atoms with Crippen LogP contribution in [0.25, 0.3) is 0 Å². The number of amides is 2. The van der Waals surface area contributed by atoms with E-state index < -0.39 is 121 Å². The maximum absolute atomic E-state index is 13.8. The van der Waals surface area contributed by atoms with Crippen molar-refractivity contribution in [1.29, 1.82) is 0 Å². The molecule has 4 heterocycles. The molecule has 244 valence electrons. The SMILES string of the molecule is CCOC(=O)C1=NN(C2O[C@H](CO)[C@@H](O)[C@H](O)[C@H]2O)C(=O)/C1=C1/C(=O)N(C2O[C@H](CO)[C@@H](O)[C@H](O)[C@H]2O)N=C1C(=O)OCC. The standard InChI is InChI=1S/C24H32N4O16/c1-3-41-23(39)11-9(19(37)27(25-11)21-17(35)15(33)13(31)7(5-29)43-21)10-12(24(40)42-4-2)26-28(20(10)38)22-18(36)16(34)14(32)8(6-30)44-22/h7-8,13-18,21-22,29-36H,3-6H2,1-2H3/b10-9+/t7-,8-,13-,14-,15+,16+,17-,18-,21?,22?/m1/s1. The summed E-state index contributed by atoms with van der Waals surface area (Å²) in [5, 5.41) is 89.4. The molecule has 4 aliphatic rings. The highest BCUT2D eigenvalue weighted by atomic mass is 16.6. The summed E-state index contributed by atoms with van der Waals surface area (Å²) in [6.45, 7) is 0.558. The number of hydrogen-bond donors (Lipinski definition) is 8. The van der Waals surface area contributed by atoms with Crippen LogP contribution in [0.4, 0.5) is 0 Å². The average molecular weight is 633 g/mol. The molecule has 2 unspecified atom stereocenters. The van der Waals surface area contributed by atoms with Crippen molar-refractivity contribution in [2.45, 2.75) is 75.1 Å². The van der Waals surface area contributed by atoms with E-state index in [1.54, 1.807) is 0 Å². The lowest BCUT2D eigenvalue weighted by atomic mass is 9.96. The van der Waals surface area contributed by atoms with Gasteiger partial charge >= 0.3 is 11.9 Å². The molecule has 0 saturated carbocycles. The Balaban J connectivity index is 1.85. The first kappa shape index (κ1) is 33.5. The van der Waals surface area contributed by atoms with Crippen molar-refractivity contribution in [3.63, 3.8) is 0 Å². The second-order valence-corrected chi connectivity index (χ2v) is 9.83.